The number of ether oxygens (including phenoxy) is 1. The van der Waals surface area contributed by atoms with Crippen molar-refractivity contribution in [1.29, 1.82) is 0 Å². The lowest BCUT2D eigenvalue weighted by Crippen LogP contribution is -2.01. The monoisotopic (exact) mass is 274 g/mol. The van der Waals surface area contributed by atoms with Crippen molar-refractivity contribution in [1.82, 2.24) is 0 Å². The highest BCUT2D eigenvalue weighted by molar-refractivity contribution is 5.88. The number of aryl methyl sites for hydroxylation is 1. The summed E-state index contributed by atoms with van der Waals surface area (Å²) in [5, 5.41) is 8.73. The quantitative estimate of drug-likeness (QED) is 0.905. The van der Waals surface area contributed by atoms with Crippen molar-refractivity contribution in [3.8, 4) is 5.75 Å². The Morgan fingerprint density at radius 2 is 1.80 bits per heavy atom. The van der Waals surface area contributed by atoms with E-state index in [9.17, 15) is 9.18 Å². The zero-order chi connectivity index (χ0) is 14.5. The van der Waals surface area contributed by atoms with Crippen LogP contribution in [-0.4, -0.2) is 11.1 Å². The molecule has 2 aromatic carbocycles. The number of benzene rings is 2. The molecule has 0 atom stereocenters. The van der Waals surface area contributed by atoms with Gasteiger partial charge < -0.3 is 9.84 Å². The number of carbonyl (C=O) groups is 1. The van der Waals surface area contributed by atoms with E-state index in [0.29, 0.717) is 12.4 Å². The third kappa shape index (κ3) is 3.35. The number of rotatable bonds is 5. The second-order valence-corrected chi connectivity index (χ2v) is 4.41. The minimum Gasteiger partial charge on any atom is -0.489 e. The smallest absolute Gasteiger partial charge is 0.338 e. The third-order valence-electron chi connectivity index (χ3n) is 3.01. The number of hydrogen-bond acceptors (Lipinski definition) is 2. The molecule has 0 saturated carbocycles. The van der Waals surface area contributed by atoms with Crippen molar-refractivity contribution in [2.75, 3.05) is 0 Å². The van der Waals surface area contributed by atoms with Crippen LogP contribution < -0.4 is 4.74 Å². The Morgan fingerprint density at radius 3 is 2.35 bits per heavy atom. The standard InChI is InChI=1S/C16H15FO3/c1-2-11-3-5-12(6-4-11)10-20-13-7-8-14(16(18)19)15(17)9-13/h3-9H,2,10H2,1H3,(H,18,19). The maximum atomic E-state index is 13.5. The second-order valence-electron chi connectivity index (χ2n) is 4.41. The van der Waals surface area contributed by atoms with Gasteiger partial charge in [0, 0.05) is 6.07 Å². The fourth-order valence-corrected chi connectivity index (χ4v) is 1.80. The van der Waals surface area contributed by atoms with Crippen LogP contribution in [0.2, 0.25) is 0 Å². The third-order valence-corrected chi connectivity index (χ3v) is 3.01. The largest absolute Gasteiger partial charge is 0.489 e. The van der Waals surface area contributed by atoms with Gasteiger partial charge in [-0.3, -0.25) is 0 Å². The zero-order valence-electron chi connectivity index (χ0n) is 11.1. The van der Waals surface area contributed by atoms with E-state index in [4.69, 9.17) is 9.84 Å². The molecule has 0 spiro atoms. The molecule has 1 N–H and O–H groups in total. The van der Waals surface area contributed by atoms with Crippen LogP contribution in [0.5, 0.6) is 5.75 Å². The number of carboxylic acids is 1. The van der Waals surface area contributed by atoms with Crippen LogP contribution in [0.3, 0.4) is 0 Å². The van der Waals surface area contributed by atoms with Crippen molar-refractivity contribution in [2.45, 2.75) is 20.0 Å². The van der Waals surface area contributed by atoms with Gasteiger partial charge >= 0.3 is 5.97 Å². The normalized spacial score (nSPS) is 10.3. The van der Waals surface area contributed by atoms with E-state index in [0.717, 1.165) is 18.1 Å². The summed E-state index contributed by atoms with van der Waals surface area (Å²) in [6, 6.07) is 11.7. The van der Waals surface area contributed by atoms with Gasteiger partial charge in [-0.2, -0.15) is 0 Å². The number of carboxylic acid groups (broad SMARTS) is 1. The van der Waals surface area contributed by atoms with Crippen molar-refractivity contribution in [3.63, 3.8) is 0 Å². The van der Waals surface area contributed by atoms with Crippen LogP contribution in [0.4, 0.5) is 4.39 Å². The van der Waals surface area contributed by atoms with E-state index in [1.165, 1.54) is 17.7 Å². The van der Waals surface area contributed by atoms with Crippen LogP contribution >= 0.6 is 0 Å². The molecule has 2 aromatic rings. The van der Waals surface area contributed by atoms with Gasteiger partial charge in [-0.15, -0.1) is 0 Å². The van der Waals surface area contributed by atoms with E-state index in [2.05, 4.69) is 6.92 Å². The molecule has 0 saturated heterocycles. The predicted molar refractivity (Wildman–Crippen MR) is 73.5 cm³/mol. The predicted octanol–water partition coefficient (Wildman–Crippen LogP) is 3.67. The molecule has 0 aromatic heterocycles. The Balaban J connectivity index is 2.03. The molecule has 0 aliphatic carbocycles. The first-order valence-electron chi connectivity index (χ1n) is 6.33. The highest BCUT2D eigenvalue weighted by atomic mass is 19.1. The molecule has 2 rings (SSSR count). The van der Waals surface area contributed by atoms with Gasteiger partial charge in [0.25, 0.3) is 0 Å². The van der Waals surface area contributed by atoms with Crippen molar-refractivity contribution in [3.05, 3.63) is 65.0 Å². The summed E-state index contributed by atoms with van der Waals surface area (Å²) < 4.78 is 18.9. The Kier molecular flexibility index (Phi) is 4.35. The molecule has 0 aliphatic heterocycles. The SMILES string of the molecule is CCc1ccc(COc2ccc(C(=O)O)c(F)c2)cc1. The van der Waals surface area contributed by atoms with E-state index in [1.54, 1.807) is 0 Å². The first-order valence-corrected chi connectivity index (χ1v) is 6.33. The summed E-state index contributed by atoms with van der Waals surface area (Å²) in [6.45, 7) is 2.40. The minimum atomic E-state index is -1.29. The minimum absolute atomic E-state index is 0.312. The Labute approximate surface area is 116 Å². The Hall–Kier alpha value is -2.36. The fraction of sp³-hybridized carbons (Fsp3) is 0.188. The Morgan fingerprint density at radius 1 is 1.15 bits per heavy atom. The summed E-state index contributed by atoms with van der Waals surface area (Å²) in [5.74, 6) is -1.77. The summed E-state index contributed by atoms with van der Waals surface area (Å²) >= 11 is 0. The molecule has 0 fully saturated rings. The maximum Gasteiger partial charge on any atom is 0.338 e. The Bertz CT molecular complexity index is 606. The average molecular weight is 274 g/mol. The molecular weight excluding hydrogens is 259 g/mol. The summed E-state index contributed by atoms with van der Waals surface area (Å²) in [4.78, 5) is 10.7. The van der Waals surface area contributed by atoms with Gasteiger partial charge in [-0.25, -0.2) is 9.18 Å². The number of aromatic carboxylic acids is 1. The van der Waals surface area contributed by atoms with Crippen molar-refractivity contribution < 1.29 is 19.0 Å². The molecule has 0 bridgehead atoms. The van der Waals surface area contributed by atoms with Gasteiger partial charge in [-0.1, -0.05) is 31.2 Å². The van der Waals surface area contributed by atoms with Gasteiger partial charge in [0.15, 0.2) is 0 Å². The zero-order valence-corrected chi connectivity index (χ0v) is 11.1. The molecule has 0 heterocycles. The van der Waals surface area contributed by atoms with Gasteiger partial charge in [-0.05, 0) is 29.7 Å². The highest BCUT2D eigenvalue weighted by Gasteiger charge is 2.10. The van der Waals surface area contributed by atoms with Crippen molar-refractivity contribution >= 4 is 5.97 Å². The van der Waals surface area contributed by atoms with Crippen LogP contribution in [0.25, 0.3) is 0 Å². The second kappa shape index (κ2) is 6.19. The maximum absolute atomic E-state index is 13.5. The molecule has 0 unspecified atom stereocenters. The lowest BCUT2D eigenvalue weighted by atomic mass is 10.1. The van der Waals surface area contributed by atoms with Crippen LogP contribution in [-0.2, 0) is 13.0 Å². The first-order chi connectivity index (χ1) is 9.60. The number of halogens is 1. The molecular formula is C16H15FO3. The van der Waals surface area contributed by atoms with Crippen molar-refractivity contribution in [2.24, 2.45) is 0 Å². The molecule has 0 aliphatic rings. The summed E-state index contributed by atoms with van der Waals surface area (Å²) in [6.07, 6.45) is 0.975. The van der Waals surface area contributed by atoms with E-state index in [1.807, 2.05) is 24.3 Å². The average Bonchev–Trinajstić information content (AvgIpc) is 2.45. The molecule has 104 valence electrons. The van der Waals surface area contributed by atoms with E-state index in [-0.39, 0.29) is 5.56 Å². The summed E-state index contributed by atoms with van der Waals surface area (Å²) in [7, 11) is 0. The summed E-state index contributed by atoms with van der Waals surface area (Å²) in [5.41, 5.74) is 1.86. The van der Waals surface area contributed by atoms with Crippen LogP contribution in [0.15, 0.2) is 42.5 Å². The van der Waals surface area contributed by atoms with E-state index < -0.39 is 11.8 Å². The lowest BCUT2D eigenvalue weighted by Gasteiger charge is -2.08. The molecule has 3 nitrogen and oxygen atoms in total. The van der Waals surface area contributed by atoms with Crippen LogP contribution in [0.1, 0.15) is 28.4 Å². The van der Waals surface area contributed by atoms with Gasteiger partial charge in [0.05, 0.1) is 5.56 Å². The van der Waals surface area contributed by atoms with Gasteiger partial charge in [0.1, 0.15) is 18.2 Å². The molecule has 4 heteroatoms. The molecule has 0 radical (unpaired) electrons. The van der Waals surface area contributed by atoms with E-state index >= 15 is 0 Å². The molecule has 20 heavy (non-hydrogen) atoms. The van der Waals surface area contributed by atoms with Crippen LogP contribution in [0, 0.1) is 5.82 Å². The topological polar surface area (TPSA) is 46.5 Å². The lowest BCUT2D eigenvalue weighted by molar-refractivity contribution is 0.0692. The number of hydrogen-bond donors (Lipinski definition) is 1. The fourth-order valence-electron chi connectivity index (χ4n) is 1.80. The highest BCUT2D eigenvalue weighted by Crippen LogP contribution is 2.18. The first kappa shape index (κ1) is 14.1. The molecule has 0 amide bonds. The van der Waals surface area contributed by atoms with Gasteiger partial charge in [0.2, 0.25) is 0 Å².